The van der Waals surface area contributed by atoms with Gasteiger partial charge < -0.3 is 10.0 Å². The van der Waals surface area contributed by atoms with Crippen molar-refractivity contribution in [2.75, 3.05) is 6.54 Å². The van der Waals surface area contributed by atoms with Gasteiger partial charge in [0.15, 0.2) is 0 Å². The highest BCUT2D eigenvalue weighted by molar-refractivity contribution is 5.78. The van der Waals surface area contributed by atoms with Crippen LogP contribution in [0.1, 0.15) is 44.2 Å². The summed E-state index contributed by atoms with van der Waals surface area (Å²) in [7, 11) is 0. The lowest BCUT2D eigenvalue weighted by molar-refractivity contribution is -0.138. The maximum Gasteiger partial charge on any atom is 0.303 e. The van der Waals surface area contributed by atoms with Crippen molar-refractivity contribution in [1.82, 2.24) is 9.88 Å². The number of rotatable bonds is 5. The molecule has 20 heavy (non-hydrogen) atoms. The van der Waals surface area contributed by atoms with E-state index in [0.717, 1.165) is 24.9 Å². The first kappa shape index (κ1) is 14.5. The Morgan fingerprint density at radius 2 is 2.30 bits per heavy atom. The fourth-order valence-corrected chi connectivity index (χ4v) is 2.77. The molecule has 0 aliphatic carbocycles. The van der Waals surface area contributed by atoms with Gasteiger partial charge in [-0.3, -0.25) is 14.6 Å². The molecule has 5 heteroatoms. The molecule has 2 unspecified atom stereocenters. The van der Waals surface area contributed by atoms with Crippen molar-refractivity contribution < 1.29 is 14.7 Å². The molecule has 0 aromatic carbocycles. The Kier molecular flexibility index (Phi) is 4.71. The zero-order valence-corrected chi connectivity index (χ0v) is 11.7. The molecular weight excluding hydrogens is 256 g/mol. The number of likely N-dealkylation sites (tertiary alicyclic amines) is 1. The van der Waals surface area contributed by atoms with Gasteiger partial charge in [-0.1, -0.05) is 13.0 Å². The van der Waals surface area contributed by atoms with Crippen molar-refractivity contribution in [3.63, 3.8) is 0 Å². The lowest BCUT2D eigenvalue weighted by Crippen LogP contribution is -2.31. The lowest BCUT2D eigenvalue weighted by Gasteiger charge is -2.26. The summed E-state index contributed by atoms with van der Waals surface area (Å²) in [5.41, 5.74) is 1.06. The molecule has 1 saturated heterocycles. The molecule has 2 heterocycles. The van der Waals surface area contributed by atoms with E-state index in [0.29, 0.717) is 6.42 Å². The van der Waals surface area contributed by atoms with Crippen LogP contribution < -0.4 is 0 Å². The Bertz CT molecular complexity index is 475. The van der Waals surface area contributed by atoms with Crippen molar-refractivity contribution in [3.8, 4) is 0 Å². The number of hydrogen-bond donors (Lipinski definition) is 1. The van der Waals surface area contributed by atoms with E-state index in [-0.39, 0.29) is 24.3 Å². The van der Waals surface area contributed by atoms with E-state index in [2.05, 4.69) is 4.98 Å². The van der Waals surface area contributed by atoms with Crippen LogP contribution >= 0.6 is 0 Å². The van der Waals surface area contributed by atoms with Gasteiger partial charge in [-0.05, 0) is 30.4 Å². The molecule has 1 fully saturated rings. The van der Waals surface area contributed by atoms with Crippen molar-refractivity contribution in [3.05, 3.63) is 30.1 Å². The van der Waals surface area contributed by atoms with Gasteiger partial charge in [-0.25, -0.2) is 0 Å². The number of nitrogens with zero attached hydrogens (tertiary/aromatic N) is 2. The Hall–Kier alpha value is -1.91. The van der Waals surface area contributed by atoms with Crippen LogP contribution in [0.15, 0.2) is 24.5 Å². The summed E-state index contributed by atoms with van der Waals surface area (Å²) in [6.45, 7) is 2.55. The molecule has 0 spiro atoms. The van der Waals surface area contributed by atoms with Crippen molar-refractivity contribution >= 4 is 11.9 Å². The van der Waals surface area contributed by atoms with Gasteiger partial charge in [0.1, 0.15) is 0 Å². The Morgan fingerprint density at radius 1 is 1.50 bits per heavy atom. The number of amides is 1. The first-order valence-corrected chi connectivity index (χ1v) is 6.99. The van der Waals surface area contributed by atoms with Crippen molar-refractivity contribution in [2.24, 2.45) is 5.92 Å². The average Bonchev–Trinajstić information content (AvgIpc) is 2.87. The standard InChI is InChI=1S/C15H20N2O3/c1-11(9-15(19)20)8-14(18)17-7-3-5-13(17)12-4-2-6-16-10-12/h2,4,6,10-11,13H,3,5,7-9H2,1H3,(H,19,20). The first-order valence-electron chi connectivity index (χ1n) is 6.99. The highest BCUT2D eigenvalue weighted by atomic mass is 16.4. The molecule has 1 amide bonds. The predicted molar refractivity (Wildman–Crippen MR) is 74.0 cm³/mol. The van der Waals surface area contributed by atoms with Gasteiger partial charge >= 0.3 is 5.97 Å². The molecule has 1 aliphatic rings. The molecule has 1 aromatic rings. The van der Waals surface area contributed by atoms with Crippen LogP contribution in [-0.2, 0) is 9.59 Å². The molecule has 1 N–H and O–H groups in total. The average molecular weight is 276 g/mol. The summed E-state index contributed by atoms with van der Waals surface area (Å²) >= 11 is 0. The molecule has 2 atom stereocenters. The van der Waals surface area contributed by atoms with Crippen molar-refractivity contribution in [2.45, 2.75) is 38.6 Å². The van der Waals surface area contributed by atoms with E-state index in [1.165, 1.54) is 0 Å². The Morgan fingerprint density at radius 3 is 2.95 bits per heavy atom. The molecule has 5 nitrogen and oxygen atoms in total. The van der Waals surface area contributed by atoms with E-state index in [1.807, 2.05) is 17.0 Å². The fraction of sp³-hybridized carbons (Fsp3) is 0.533. The molecule has 0 saturated carbocycles. The van der Waals surface area contributed by atoms with Gasteiger partial charge in [0.05, 0.1) is 6.04 Å². The van der Waals surface area contributed by atoms with Gasteiger partial charge in [0.25, 0.3) is 0 Å². The molecule has 108 valence electrons. The summed E-state index contributed by atoms with van der Waals surface area (Å²) in [5.74, 6) is -0.934. The zero-order chi connectivity index (χ0) is 14.5. The topological polar surface area (TPSA) is 70.5 Å². The largest absolute Gasteiger partial charge is 0.481 e. The van der Waals surface area contributed by atoms with E-state index in [1.54, 1.807) is 19.3 Å². The van der Waals surface area contributed by atoms with Crippen LogP contribution in [0.2, 0.25) is 0 Å². The maximum atomic E-state index is 12.3. The molecule has 1 aliphatic heterocycles. The zero-order valence-electron chi connectivity index (χ0n) is 11.7. The van der Waals surface area contributed by atoms with Crippen LogP contribution in [0, 0.1) is 5.92 Å². The predicted octanol–water partition coefficient (Wildman–Crippen LogP) is 2.25. The third kappa shape index (κ3) is 3.56. The van der Waals surface area contributed by atoms with E-state index >= 15 is 0 Å². The minimum Gasteiger partial charge on any atom is -0.481 e. The van der Waals surface area contributed by atoms with Crippen LogP contribution in [0.5, 0.6) is 0 Å². The number of carbonyl (C=O) groups excluding carboxylic acids is 1. The number of carboxylic acid groups (broad SMARTS) is 1. The number of aromatic nitrogens is 1. The highest BCUT2D eigenvalue weighted by Gasteiger charge is 2.30. The number of carboxylic acids is 1. The molecule has 1 aromatic heterocycles. The van der Waals surface area contributed by atoms with Gasteiger partial charge in [-0.15, -0.1) is 0 Å². The monoisotopic (exact) mass is 276 g/mol. The van der Waals surface area contributed by atoms with Gasteiger partial charge in [-0.2, -0.15) is 0 Å². The van der Waals surface area contributed by atoms with Crippen LogP contribution in [0.3, 0.4) is 0 Å². The second-order valence-corrected chi connectivity index (χ2v) is 5.44. The third-order valence-corrected chi connectivity index (χ3v) is 3.69. The van der Waals surface area contributed by atoms with E-state index in [4.69, 9.17) is 5.11 Å². The quantitative estimate of drug-likeness (QED) is 0.895. The maximum absolute atomic E-state index is 12.3. The van der Waals surface area contributed by atoms with Crippen LogP contribution in [0.25, 0.3) is 0 Å². The normalized spacial score (nSPS) is 19.9. The fourth-order valence-electron chi connectivity index (χ4n) is 2.77. The SMILES string of the molecule is CC(CC(=O)O)CC(=O)N1CCCC1c1cccnc1. The number of hydrogen-bond acceptors (Lipinski definition) is 3. The van der Waals surface area contributed by atoms with E-state index < -0.39 is 5.97 Å². The van der Waals surface area contributed by atoms with Crippen molar-refractivity contribution in [1.29, 1.82) is 0 Å². The summed E-state index contributed by atoms with van der Waals surface area (Å²) in [4.78, 5) is 29.0. The minimum absolute atomic E-state index is 0.0388. The summed E-state index contributed by atoms with van der Waals surface area (Å²) in [6, 6.07) is 3.96. The third-order valence-electron chi connectivity index (χ3n) is 3.69. The summed E-state index contributed by atoms with van der Waals surface area (Å²) in [6.07, 6.45) is 5.79. The number of carbonyl (C=O) groups is 2. The summed E-state index contributed by atoms with van der Waals surface area (Å²) < 4.78 is 0. The van der Waals surface area contributed by atoms with E-state index in [9.17, 15) is 9.59 Å². The molecule has 0 bridgehead atoms. The molecule has 0 radical (unpaired) electrons. The summed E-state index contributed by atoms with van der Waals surface area (Å²) in [5, 5.41) is 8.76. The van der Waals surface area contributed by atoms with Crippen LogP contribution in [0.4, 0.5) is 0 Å². The van der Waals surface area contributed by atoms with Gasteiger partial charge in [0, 0.05) is 31.8 Å². The van der Waals surface area contributed by atoms with Gasteiger partial charge in [0.2, 0.25) is 5.91 Å². The van der Waals surface area contributed by atoms with Crippen LogP contribution in [-0.4, -0.2) is 33.4 Å². The first-order chi connectivity index (χ1) is 9.58. The second-order valence-electron chi connectivity index (χ2n) is 5.44. The minimum atomic E-state index is -0.851. The Balaban J connectivity index is 2.00. The Labute approximate surface area is 118 Å². The second kappa shape index (κ2) is 6.50. The lowest BCUT2D eigenvalue weighted by atomic mass is 10.0. The number of aliphatic carboxylic acids is 1. The molecular formula is C15H20N2O3. The highest BCUT2D eigenvalue weighted by Crippen LogP contribution is 2.32. The molecule has 2 rings (SSSR count). The number of pyridine rings is 1. The smallest absolute Gasteiger partial charge is 0.303 e.